The average molecular weight is 244 g/mol. The number of rotatable bonds is 4. The Balaban J connectivity index is 2.42. The van der Waals surface area contributed by atoms with Crippen LogP contribution in [0.3, 0.4) is 0 Å². The average Bonchev–Trinajstić information content (AvgIpc) is 2.46. The highest BCUT2D eigenvalue weighted by atomic mass is 16.5. The molecule has 1 aromatic heterocycles. The zero-order valence-corrected chi connectivity index (χ0v) is 10.5. The summed E-state index contributed by atoms with van der Waals surface area (Å²) in [7, 11) is 3.25. The van der Waals surface area contributed by atoms with Crippen LogP contribution >= 0.6 is 0 Å². The van der Waals surface area contributed by atoms with Crippen molar-refractivity contribution in [2.45, 2.75) is 6.04 Å². The van der Waals surface area contributed by atoms with Crippen molar-refractivity contribution in [2.75, 3.05) is 14.2 Å². The van der Waals surface area contributed by atoms with Crippen molar-refractivity contribution in [3.8, 4) is 11.5 Å². The second-order valence-corrected chi connectivity index (χ2v) is 3.87. The molecular formula is C14H16N2O2. The van der Waals surface area contributed by atoms with Gasteiger partial charge in [-0.25, -0.2) is 0 Å². The van der Waals surface area contributed by atoms with Crippen LogP contribution in [0.15, 0.2) is 42.7 Å². The Morgan fingerprint density at radius 1 is 1.17 bits per heavy atom. The van der Waals surface area contributed by atoms with Crippen molar-refractivity contribution in [1.82, 2.24) is 4.98 Å². The maximum absolute atomic E-state index is 6.24. The molecule has 0 spiro atoms. The highest BCUT2D eigenvalue weighted by Crippen LogP contribution is 2.31. The van der Waals surface area contributed by atoms with Crippen molar-refractivity contribution < 1.29 is 9.47 Å². The monoisotopic (exact) mass is 244 g/mol. The lowest BCUT2D eigenvalue weighted by atomic mass is 10.00. The van der Waals surface area contributed by atoms with E-state index in [-0.39, 0.29) is 6.04 Å². The van der Waals surface area contributed by atoms with Crippen LogP contribution in [-0.4, -0.2) is 19.2 Å². The van der Waals surface area contributed by atoms with Crippen LogP contribution in [0.1, 0.15) is 17.2 Å². The normalized spacial score (nSPS) is 11.9. The van der Waals surface area contributed by atoms with E-state index in [2.05, 4.69) is 4.98 Å². The summed E-state index contributed by atoms with van der Waals surface area (Å²) >= 11 is 0. The molecule has 4 nitrogen and oxygen atoms in total. The van der Waals surface area contributed by atoms with Crippen LogP contribution < -0.4 is 15.2 Å². The number of nitrogens with two attached hydrogens (primary N) is 1. The molecule has 0 saturated heterocycles. The molecule has 94 valence electrons. The van der Waals surface area contributed by atoms with Gasteiger partial charge in [-0.1, -0.05) is 6.07 Å². The Morgan fingerprint density at radius 2 is 2.00 bits per heavy atom. The maximum atomic E-state index is 6.24. The summed E-state index contributed by atoms with van der Waals surface area (Å²) in [6.07, 6.45) is 3.47. The third kappa shape index (κ3) is 2.43. The molecule has 18 heavy (non-hydrogen) atoms. The van der Waals surface area contributed by atoms with Crippen LogP contribution in [0.25, 0.3) is 0 Å². The Hall–Kier alpha value is -2.07. The first-order chi connectivity index (χ1) is 8.76. The Bertz CT molecular complexity index is 514. The van der Waals surface area contributed by atoms with Gasteiger partial charge in [-0.15, -0.1) is 0 Å². The summed E-state index contributed by atoms with van der Waals surface area (Å²) < 4.78 is 10.5. The lowest BCUT2D eigenvalue weighted by molar-refractivity contribution is 0.397. The molecule has 0 radical (unpaired) electrons. The molecule has 2 aromatic rings. The fourth-order valence-electron chi connectivity index (χ4n) is 1.82. The van der Waals surface area contributed by atoms with E-state index in [4.69, 9.17) is 15.2 Å². The van der Waals surface area contributed by atoms with Crippen LogP contribution in [0.4, 0.5) is 0 Å². The number of pyridine rings is 1. The molecule has 1 aromatic carbocycles. The maximum Gasteiger partial charge on any atom is 0.124 e. The van der Waals surface area contributed by atoms with Gasteiger partial charge in [-0.2, -0.15) is 0 Å². The summed E-state index contributed by atoms with van der Waals surface area (Å²) in [6, 6.07) is 9.10. The first-order valence-electron chi connectivity index (χ1n) is 5.63. The zero-order valence-electron chi connectivity index (χ0n) is 10.5. The van der Waals surface area contributed by atoms with Gasteiger partial charge in [0.25, 0.3) is 0 Å². The first-order valence-corrected chi connectivity index (χ1v) is 5.63. The van der Waals surface area contributed by atoms with Gasteiger partial charge < -0.3 is 15.2 Å². The third-order valence-electron chi connectivity index (χ3n) is 2.82. The minimum Gasteiger partial charge on any atom is -0.497 e. The van der Waals surface area contributed by atoms with E-state index in [1.807, 2.05) is 30.3 Å². The van der Waals surface area contributed by atoms with E-state index in [0.29, 0.717) is 0 Å². The lowest BCUT2D eigenvalue weighted by Crippen LogP contribution is -2.13. The number of hydrogen-bond donors (Lipinski definition) is 1. The van der Waals surface area contributed by atoms with Gasteiger partial charge >= 0.3 is 0 Å². The molecule has 0 saturated carbocycles. The lowest BCUT2D eigenvalue weighted by Gasteiger charge is -2.16. The topological polar surface area (TPSA) is 57.4 Å². The highest BCUT2D eigenvalue weighted by Gasteiger charge is 2.15. The third-order valence-corrected chi connectivity index (χ3v) is 2.82. The van der Waals surface area contributed by atoms with E-state index < -0.39 is 0 Å². The van der Waals surface area contributed by atoms with Crippen molar-refractivity contribution in [3.05, 3.63) is 53.9 Å². The minimum atomic E-state index is -0.288. The van der Waals surface area contributed by atoms with Crippen LogP contribution in [0.2, 0.25) is 0 Å². The molecule has 2 N–H and O–H groups in total. The number of hydrogen-bond acceptors (Lipinski definition) is 4. The van der Waals surface area contributed by atoms with Gasteiger partial charge in [-0.3, -0.25) is 4.98 Å². The molecule has 0 aliphatic heterocycles. The molecule has 0 aliphatic rings. The van der Waals surface area contributed by atoms with Crippen LogP contribution in [-0.2, 0) is 0 Å². The van der Waals surface area contributed by atoms with E-state index in [0.717, 1.165) is 22.6 Å². The molecule has 1 heterocycles. The number of benzene rings is 1. The first kappa shape index (κ1) is 12.4. The second-order valence-electron chi connectivity index (χ2n) is 3.87. The number of aromatic nitrogens is 1. The van der Waals surface area contributed by atoms with Crippen LogP contribution in [0, 0.1) is 0 Å². The van der Waals surface area contributed by atoms with E-state index in [9.17, 15) is 0 Å². The summed E-state index contributed by atoms with van der Waals surface area (Å²) in [4.78, 5) is 4.08. The molecule has 0 amide bonds. The molecule has 2 rings (SSSR count). The zero-order chi connectivity index (χ0) is 13.0. The Kier molecular flexibility index (Phi) is 3.79. The van der Waals surface area contributed by atoms with Crippen LogP contribution in [0.5, 0.6) is 11.5 Å². The predicted molar refractivity (Wildman–Crippen MR) is 69.8 cm³/mol. The molecule has 1 unspecified atom stereocenters. The summed E-state index contributed by atoms with van der Waals surface area (Å²) in [6.45, 7) is 0. The van der Waals surface area contributed by atoms with E-state index in [1.54, 1.807) is 26.6 Å². The SMILES string of the molecule is COc1ccc(OC)c(C(N)c2cccnc2)c1. The molecule has 0 aliphatic carbocycles. The Morgan fingerprint density at radius 3 is 2.61 bits per heavy atom. The summed E-state index contributed by atoms with van der Waals surface area (Å²) in [5.74, 6) is 1.50. The van der Waals surface area contributed by atoms with Crippen molar-refractivity contribution in [1.29, 1.82) is 0 Å². The van der Waals surface area contributed by atoms with E-state index >= 15 is 0 Å². The predicted octanol–water partition coefficient (Wildman–Crippen LogP) is 2.15. The second kappa shape index (κ2) is 5.51. The molecule has 1 atom stereocenters. The summed E-state index contributed by atoms with van der Waals surface area (Å²) in [5.41, 5.74) is 8.05. The molecular weight excluding hydrogens is 228 g/mol. The van der Waals surface area contributed by atoms with Gasteiger partial charge in [0.05, 0.1) is 20.3 Å². The van der Waals surface area contributed by atoms with Gasteiger partial charge in [0.15, 0.2) is 0 Å². The highest BCUT2D eigenvalue weighted by molar-refractivity contribution is 5.45. The number of methoxy groups -OCH3 is 2. The largest absolute Gasteiger partial charge is 0.497 e. The van der Waals surface area contributed by atoms with Gasteiger partial charge in [-0.05, 0) is 29.8 Å². The number of ether oxygens (including phenoxy) is 2. The Labute approximate surface area is 106 Å². The standard InChI is InChI=1S/C14H16N2O2/c1-17-11-5-6-13(18-2)12(8-11)14(15)10-4-3-7-16-9-10/h3-9,14H,15H2,1-2H3. The molecule has 0 bridgehead atoms. The van der Waals surface area contributed by atoms with Crippen molar-refractivity contribution >= 4 is 0 Å². The summed E-state index contributed by atoms with van der Waals surface area (Å²) in [5, 5.41) is 0. The van der Waals surface area contributed by atoms with Crippen molar-refractivity contribution in [3.63, 3.8) is 0 Å². The van der Waals surface area contributed by atoms with Gasteiger partial charge in [0, 0.05) is 18.0 Å². The van der Waals surface area contributed by atoms with Gasteiger partial charge in [0.1, 0.15) is 11.5 Å². The number of nitrogens with zero attached hydrogens (tertiary/aromatic N) is 1. The minimum absolute atomic E-state index is 0.288. The fraction of sp³-hybridized carbons (Fsp3) is 0.214. The quantitative estimate of drug-likeness (QED) is 0.895. The van der Waals surface area contributed by atoms with Gasteiger partial charge in [0.2, 0.25) is 0 Å². The smallest absolute Gasteiger partial charge is 0.124 e. The fourth-order valence-corrected chi connectivity index (χ4v) is 1.82. The van der Waals surface area contributed by atoms with E-state index in [1.165, 1.54) is 0 Å². The van der Waals surface area contributed by atoms with Crippen molar-refractivity contribution in [2.24, 2.45) is 5.73 Å². The molecule has 0 fully saturated rings. The molecule has 4 heteroatoms.